The minimum atomic E-state index is -3.19. The van der Waals surface area contributed by atoms with Gasteiger partial charge in [0.05, 0.1) is 10.9 Å². The number of hydrogen-bond acceptors (Lipinski definition) is 4. The summed E-state index contributed by atoms with van der Waals surface area (Å²) >= 11 is 0. The van der Waals surface area contributed by atoms with E-state index in [9.17, 15) is 13.2 Å². The van der Waals surface area contributed by atoms with E-state index in [2.05, 4.69) is 5.32 Å². The minimum absolute atomic E-state index is 0. The van der Waals surface area contributed by atoms with Crippen LogP contribution in [0.2, 0.25) is 0 Å². The molecule has 0 aromatic heterocycles. The number of sulfone groups is 1. The van der Waals surface area contributed by atoms with Gasteiger partial charge in [-0.2, -0.15) is 0 Å². The van der Waals surface area contributed by atoms with Crippen molar-refractivity contribution >= 4 is 28.2 Å². The summed E-state index contributed by atoms with van der Waals surface area (Å²) in [6.45, 7) is 3.61. The maximum atomic E-state index is 11.6. The minimum Gasteiger partial charge on any atom is -0.350 e. The number of nitrogens with two attached hydrogens (primary N) is 1. The molecule has 0 aliphatic rings. The second-order valence-electron chi connectivity index (χ2n) is 4.81. The first kappa shape index (κ1) is 18.9. The van der Waals surface area contributed by atoms with Crippen LogP contribution in [0.15, 0.2) is 29.2 Å². The molecular weight excluding hydrogens is 300 g/mol. The van der Waals surface area contributed by atoms with E-state index in [1.54, 1.807) is 31.2 Å². The van der Waals surface area contributed by atoms with Gasteiger partial charge >= 0.3 is 0 Å². The molecule has 1 rings (SSSR count). The van der Waals surface area contributed by atoms with Crippen LogP contribution in [0.5, 0.6) is 0 Å². The molecule has 3 N–H and O–H groups in total. The lowest BCUT2D eigenvalue weighted by atomic mass is 10.1. The number of nitrogens with one attached hydrogen (secondary N) is 1. The van der Waals surface area contributed by atoms with Crippen LogP contribution in [0.3, 0.4) is 0 Å². The molecule has 114 valence electrons. The summed E-state index contributed by atoms with van der Waals surface area (Å²) in [5.41, 5.74) is 6.40. The van der Waals surface area contributed by atoms with Gasteiger partial charge < -0.3 is 11.1 Å². The molecule has 1 aromatic rings. The largest absolute Gasteiger partial charge is 0.350 e. The van der Waals surface area contributed by atoms with Crippen molar-refractivity contribution in [3.05, 3.63) is 29.8 Å². The molecule has 7 heteroatoms. The molecule has 0 saturated carbocycles. The monoisotopic (exact) mass is 320 g/mol. The number of benzene rings is 1. The Morgan fingerprint density at radius 1 is 1.25 bits per heavy atom. The second-order valence-corrected chi connectivity index (χ2v) is 6.83. The summed E-state index contributed by atoms with van der Waals surface area (Å²) in [4.78, 5) is 11.8. The van der Waals surface area contributed by atoms with Gasteiger partial charge in [-0.05, 0) is 31.5 Å². The van der Waals surface area contributed by atoms with Gasteiger partial charge in [-0.15, -0.1) is 12.4 Å². The smallest absolute Gasteiger partial charge is 0.222 e. The Kier molecular flexibility index (Phi) is 7.19. The van der Waals surface area contributed by atoms with Gasteiger partial charge in [-0.25, -0.2) is 8.42 Å². The van der Waals surface area contributed by atoms with Crippen LogP contribution in [0.1, 0.15) is 31.9 Å². The first-order chi connectivity index (χ1) is 8.70. The summed E-state index contributed by atoms with van der Waals surface area (Å²) in [7, 11) is -3.19. The van der Waals surface area contributed by atoms with Crippen molar-refractivity contribution in [2.75, 3.05) is 6.26 Å². The van der Waals surface area contributed by atoms with Crippen LogP contribution < -0.4 is 11.1 Å². The maximum absolute atomic E-state index is 11.6. The molecule has 0 fully saturated rings. The number of halogens is 1. The van der Waals surface area contributed by atoms with E-state index in [1.807, 2.05) is 6.92 Å². The van der Waals surface area contributed by atoms with Crippen molar-refractivity contribution in [2.24, 2.45) is 5.73 Å². The van der Waals surface area contributed by atoms with Crippen LogP contribution in [0.25, 0.3) is 0 Å². The van der Waals surface area contributed by atoms with Gasteiger partial charge in [0.15, 0.2) is 9.84 Å². The summed E-state index contributed by atoms with van der Waals surface area (Å²) in [5.74, 6) is -0.116. The van der Waals surface area contributed by atoms with Crippen LogP contribution >= 0.6 is 12.4 Å². The SMILES string of the molecule is CC(N)CC(=O)NC(C)c1ccc(S(C)(=O)=O)cc1.Cl. The Bertz CT molecular complexity index is 541. The highest BCUT2D eigenvalue weighted by Crippen LogP contribution is 2.16. The fraction of sp³-hybridized carbons (Fsp3) is 0.462. The molecule has 2 unspecified atom stereocenters. The van der Waals surface area contributed by atoms with Gasteiger partial charge in [0.1, 0.15) is 0 Å². The van der Waals surface area contributed by atoms with E-state index < -0.39 is 9.84 Å². The molecule has 0 aliphatic heterocycles. The Labute approximate surface area is 126 Å². The van der Waals surface area contributed by atoms with Crippen LogP contribution in [0.4, 0.5) is 0 Å². The van der Waals surface area contributed by atoms with Crippen molar-refractivity contribution in [1.82, 2.24) is 5.32 Å². The molecule has 0 bridgehead atoms. The highest BCUT2D eigenvalue weighted by atomic mass is 35.5. The van der Waals surface area contributed by atoms with Crippen molar-refractivity contribution in [3.63, 3.8) is 0 Å². The third-order valence-corrected chi connectivity index (χ3v) is 3.82. The molecule has 0 spiro atoms. The average molecular weight is 321 g/mol. The zero-order chi connectivity index (χ0) is 14.6. The lowest BCUT2D eigenvalue weighted by molar-refractivity contribution is -0.122. The maximum Gasteiger partial charge on any atom is 0.222 e. The topological polar surface area (TPSA) is 89.3 Å². The van der Waals surface area contributed by atoms with Crippen molar-refractivity contribution < 1.29 is 13.2 Å². The Balaban J connectivity index is 0.00000361. The fourth-order valence-electron chi connectivity index (χ4n) is 1.68. The number of carbonyl (C=O) groups excluding carboxylic acids is 1. The lowest BCUT2D eigenvalue weighted by Gasteiger charge is -2.15. The van der Waals surface area contributed by atoms with Crippen LogP contribution in [-0.4, -0.2) is 26.6 Å². The van der Waals surface area contributed by atoms with Crippen molar-refractivity contribution in [2.45, 2.75) is 37.2 Å². The predicted molar refractivity (Wildman–Crippen MR) is 81.6 cm³/mol. The van der Waals surface area contributed by atoms with Gasteiger partial charge in [0.25, 0.3) is 0 Å². The van der Waals surface area contributed by atoms with Gasteiger partial charge in [-0.3, -0.25) is 4.79 Å². The highest BCUT2D eigenvalue weighted by Gasteiger charge is 2.12. The Morgan fingerprint density at radius 2 is 1.75 bits per heavy atom. The number of carbonyl (C=O) groups is 1. The number of rotatable bonds is 5. The molecule has 0 heterocycles. The van der Waals surface area contributed by atoms with E-state index in [4.69, 9.17) is 5.73 Å². The van der Waals surface area contributed by atoms with E-state index in [1.165, 1.54) is 0 Å². The zero-order valence-electron chi connectivity index (χ0n) is 11.8. The molecule has 0 saturated heterocycles. The third kappa shape index (κ3) is 5.90. The van der Waals surface area contributed by atoms with Crippen LogP contribution in [-0.2, 0) is 14.6 Å². The highest BCUT2D eigenvalue weighted by molar-refractivity contribution is 7.90. The summed E-state index contributed by atoms with van der Waals surface area (Å²) in [6, 6.07) is 6.12. The second kappa shape index (κ2) is 7.61. The standard InChI is InChI=1S/C13H20N2O3S.ClH/c1-9(14)8-13(16)15-10(2)11-4-6-12(7-5-11)19(3,17)18;/h4-7,9-10H,8,14H2,1-3H3,(H,15,16);1H. The molecule has 1 amide bonds. The van der Waals surface area contributed by atoms with E-state index >= 15 is 0 Å². The molecular formula is C13H21ClN2O3S. The molecule has 5 nitrogen and oxygen atoms in total. The van der Waals surface area contributed by atoms with Gasteiger partial charge in [-0.1, -0.05) is 12.1 Å². The first-order valence-corrected chi connectivity index (χ1v) is 7.94. The predicted octanol–water partition coefficient (Wildman–Crippen LogP) is 1.43. The first-order valence-electron chi connectivity index (χ1n) is 6.05. The number of hydrogen-bond donors (Lipinski definition) is 2. The zero-order valence-corrected chi connectivity index (χ0v) is 13.4. The normalized spacial score (nSPS) is 14.0. The van der Waals surface area contributed by atoms with Crippen LogP contribution in [0, 0.1) is 0 Å². The van der Waals surface area contributed by atoms with E-state index in [-0.39, 0.29) is 41.7 Å². The Morgan fingerprint density at radius 3 is 2.15 bits per heavy atom. The summed E-state index contributed by atoms with van der Waals surface area (Å²) in [6.07, 6.45) is 1.43. The molecule has 1 aromatic carbocycles. The average Bonchev–Trinajstić information content (AvgIpc) is 2.26. The van der Waals surface area contributed by atoms with E-state index in [0.29, 0.717) is 0 Å². The van der Waals surface area contributed by atoms with Gasteiger partial charge in [0.2, 0.25) is 5.91 Å². The summed E-state index contributed by atoms with van der Waals surface area (Å²) in [5, 5.41) is 2.82. The number of amides is 1. The summed E-state index contributed by atoms with van der Waals surface area (Å²) < 4.78 is 22.7. The van der Waals surface area contributed by atoms with Crippen molar-refractivity contribution in [1.29, 1.82) is 0 Å². The molecule has 0 aliphatic carbocycles. The molecule has 20 heavy (non-hydrogen) atoms. The van der Waals surface area contributed by atoms with Gasteiger partial charge in [0, 0.05) is 18.7 Å². The Hall–Kier alpha value is -1.11. The fourth-order valence-corrected chi connectivity index (χ4v) is 2.31. The molecule has 0 radical (unpaired) electrons. The molecule has 2 atom stereocenters. The third-order valence-electron chi connectivity index (χ3n) is 2.69. The van der Waals surface area contributed by atoms with Crippen molar-refractivity contribution in [3.8, 4) is 0 Å². The lowest BCUT2D eigenvalue weighted by Crippen LogP contribution is -2.31. The van der Waals surface area contributed by atoms with E-state index in [0.717, 1.165) is 11.8 Å². The quantitative estimate of drug-likeness (QED) is 0.858.